The lowest BCUT2D eigenvalue weighted by molar-refractivity contribution is -0.121. The van der Waals surface area contributed by atoms with E-state index < -0.39 is 18.5 Å². The van der Waals surface area contributed by atoms with Gasteiger partial charge < -0.3 is 19.1 Å². The van der Waals surface area contributed by atoms with E-state index in [-0.39, 0.29) is 13.0 Å². The van der Waals surface area contributed by atoms with Gasteiger partial charge in [-0.25, -0.2) is 4.79 Å². The van der Waals surface area contributed by atoms with Crippen LogP contribution in [0.1, 0.15) is 16.8 Å². The molecule has 2 aromatic carbocycles. The molecule has 1 aliphatic heterocycles. The summed E-state index contributed by atoms with van der Waals surface area (Å²) in [6, 6.07) is 13.2. The number of hydrogen-bond donors (Lipinski definition) is 0. The molecule has 1 heterocycles. The van der Waals surface area contributed by atoms with Crippen LogP contribution in [-0.4, -0.2) is 38.2 Å². The van der Waals surface area contributed by atoms with Crippen molar-refractivity contribution in [1.29, 1.82) is 5.26 Å². The number of fused-ring (bicyclic) bond motifs is 1. The second kappa shape index (κ2) is 9.11. The molecule has 2 aromatic rings. The van der Waals surface area contributed by atoms with Crippen molar-refractivity contribution in [3.63, 3.8) is 0 Å². The quantitative estimate of drug-likeness (QED) is 0.692. The number of esters is 1. The molecule has 0 aromatic heterocycles. The van der Waals surface area contributed by atoms with E-state index >= 15 is 0 Å². The summed E-state index contributed by atoms with van der Waals surface area (Å²) in [6.45, 7) is 0.584. The first-order chi connectivity index (χ1) is 13.6. The summed E-state index contributed by atoms with van der Waals surface area (Å²) in [7, 11) is 0. The average Bonchev–Trinajstić information content (AvgIpc) is 2.72. The minimum absolute atomic E-state index is 0.130. The zero-order valence-electron chi connectivity index (χ0n) is 14.9. The van der Waals surface area contributed by atoms with Gasteiger partial charge in [-0.1, -0.05) is 11.6 Å². The highest BCUT2D eigenvalue weighted by Gasteiger charge is 2.21. The van der Waals surface area contributed by atoms with Gasteiger partial charge in [0, 0.05) is 23.3 Å². The molecule has 28 heavy (non-hydrogen) atoms. The second-order valence-electron chi connectivity index (χ2n) is 5.86. The topological polar surface area (TPSA) is 88.9 Å². The molecule has 0 bridgehead atoms. The van der Waals surface area contributed by atoms with E-state index in [2.05, 4.69) is 0 Å². The Hall–Kier alpha value is -3.24. The summed E-state index contributed by atoms with van der Waals surface area (Å²) in [5.41, 5.74) is 0.826. The maximum Gasteiger partial charge on any atom is 0.338 e. The third-order valence-corrected chi connectivity index (χ3v) is 4.24. The summed E-state index contributed by atoms with van der Waals surface area (Å²) in [4.78, 5) is 26.1. The SMILES string of the molecule is N#CCCN(C(=O)COC(=O)c1ccc(Cl)cc1)c1ccc2c(c1)OCCO2. The number of anilines is 1. The Balaban J connectivity index is 1.70. The molecule has 0 aliphatic carbocycles. The summed E-state index contributed by atoms with van der Waals surface area (Å²) in [6.07, 6.45) is 0.130. The lowest BCUT2D eigenvalue weighted by atomic mass is 10.2. The van der Waals surface area contributed by atoms with E-state index in [1.807, 2.05) is 6.07 Å². The summed E-state index contributed by atoms with van der Waals surface area (Å²) in [5, 5.41) is 9.39. The number of ether oxygens (including phenoxy) is 3. The smallest absolute Gasteiger partial charge is 0.338 e. The summed E-state index contributed by atoms with van der Waals surface area (Å²) >= 11 is 5.79. The van der Waals surface area contributed by atoms with Crippen LogP contribution in [0.3, 0.4) is 0 Å². The molecular weight excluding hydrogens is 384 g/mol. The molecule has 0 unspecified atom stereocenters. The van der Waals surface area contributed by atoms with E-state index in [9.17, 15) is 9.59 Å². The highest BCUT2D eigenvalue weighted by molar-refractivity contribution is 6.30. The van der Waals surface area contributed by atoms with Gasteiger partial charge in [0.25, 0.3) is 5.91 Å². The van der Waals surface area contributed by atoms with Gasteiger partial charge in [-0.2, -0.15) is 5.26 Å². The number of nitriles is 1. The normalized spacial score (nSPS) is 12.0. The van der Waals surface area contributed by atoms with Crippen LogP contribution in [0.2, 0.25) is 5.02 Å². The molecule has 3 rings (SSSR count). The Kier molecular flexibility index (Phi) is 6.35. The van der Waals surface area contributed by atoms with Gasteiger partial charge in [0.1, 0.15) is 13.2 Å². The molecule has 0 atom stereocenters. The van der Waals surface area contributed by atoms with Gasteiger partial charge in [0.15, 0.2) is 18.1 Å². The zero-order chi connectivity index (χ0) is 19.9. The van der Waals surface area contributed by atoms with Gasteiger partial charge in [-0.05, 0) is 36.4 Å². The molecule has 144 valence electrons. The van der Waals surface area contributed by atoms with E-state index in [1.54, 1.807) is 30.3 Å². The largest absolute Gasteiger partial charge is 0.486 e. The van der Waals surface area contributed by atoms with Crippen LogP contribution < -0.4 is 14.4 Å². The molecule has 0 saturated heterocycles. The van der Waals surface area contributed by atoms with Crippen molar-refractivity contribution >= 4 is 29.2 Å². The molecule has 0 radical (unpaired) electrons. The number of carbonyl (C=O) groups is 2. The Morgan fingerprint density at radius 3 is 2.54 bits per heavy atom. The predicted octanol–water partition coefficient (Wildman–Crippen LogP) is 3.21. The third kappa shape index (κ3) is 4.72. The van der Waals surface area contributed by atoms with Gasteiger partial charge in [0.05, 0.1) is 18.1 Å². The minimum atomic E-state index is -0.632. The maximum atomic E-state index is 12.7. The van der Waals surface area contributed by atoms with Gasteiger partial charge in [0.2, 0.25) is 0 Å². The first-order valence-corrected chi connectivity index (χ1v) is 8.96. The molecule has 1 aliphatic rings. The molecule has 0 fully saturated rings. The first-order valence-electron chi connectivity index (χ1n) is 8.58. The average molecular weight is 401 g/mol. The Labute approximate surface area is 167 Å². The van der Waals surface area contributed by atoms with Crippen molar-refractivity contribution in [2.24, 2.45) is 0 Å². The fourth-order valence-corrected chi connectivity index (χ4v) is 2.76. The second-order valence-corrected chi connectivity index (χ2v) is 6.30. The Bertz CT molecular complexity index is 908. The zero-order valence-corrected chi connectivity index (χ0v) is 15.6. The lowest BCUT2D eigenvalue weighted by Gasteiger charge is -2.24. The highest BCUT2D eigenvalue weighted by Crippen LogP contribution is 2.34. The number of hydrogen-bond acceptors (Lipinski definition) is 6. The predicted molar refractivity (Wildman–Crippen MR) is 102 cm³/mol. The number of halogens is 1. The monoisotopic (exact) mass is 400 g/mol. The van der Waals surface area contributed by atoms with Crippen LogP contribution in [0.15, 0.2) is 42.5 Å². The number of amides is 1. The van der Waals surface area contributed by atoms with Crippen molar-refractivity contribution < 1.29 is 23.8 Å². The lowest BCUT2D eigenvalue weighted by Crippen LogP contribution is -2.35. The van der Waals surface area contributed by atoms with Crippen molar-refractivity contribution in [1.82, 2.24) is 0 Å². The maximum absolute atomic E-state index is 12.7. The van der Waals surface area contributed by atoms with Gasteiger partial charge in [-0.15, -0.1) is 0 Å². The summed E-state index contributed by atoms with van der Waals surface area (Å²) < 4.78 is 16.1. The fraction of sp³-hybridized carbons (Fsp3) is 0.250. The number of nitrogens with zero attached hydrogens (tertiary/aromatic N) is 2. The minimum Gasteiger partial charge on any atom is -0.486 e. The first kappa shape index (κ1) is 19.5. The molecular formula is C20H17ClN2O5. The Morgan fingerprint density at radius 1 is 1.11 bits per heavy atom. The van der Waals surface area contributed by atoms with E-state index in [0.29, 0.717) is 41.0 Å². The molecule has 0 N–H and O–H groups in total. The van der Waals surface area contributed by atoms with Crippen molar-refractivity contribution in [3.05, 3.63) is 53.1 Å². The van der Waals surface area contributed by atoms with Crippen molar-refractivity contribution in [2.75, 3.05) is 31.3 Å². The standard InChI is InChI=1S/C20H17ClN2O5/c21-15-4-2-14(3-5-15)20(25)28-13-19(24)23(9-1-8-22)16-6-7-17-18(12-16)27-11-10-26-17/h2-7,12H,1,9-11,13H2. The number of rotatable bonds is 6. The van der Waals surface area contributed by atoms with Crippen LogP contribution in [0.5, 0.6) is 11.5 Å². The third-order valence-electron chi connectivity index (χ3n) is 3.99. The van der Waals surface area contributed by atoms with Gasteiger partial charge >= 0.3 is 5.97 Å². The van der Waals surface area contributed by atoms with Crippen molar-refractivity contribution in [2.45, 2.75) is 6.42 Å². The van der Waals surface area contributed by atoms with Crippen LogP contribution in [-0.2, 0) is 9.53 Å². The number of carbonyl (C=O) groups excluding carboxylic acids is 2. The molecule has 0 saturated carbocycles. The van der Waals surface area contributed by atoms with E-state index in [1.165, 1.54) is 17.0 Å². The molecule has 7 nitrogen and oxygen atoms in total. The van der Waals surface area contributed by atoms with Crippen LogP contribution >= 0.6 is 11.6 Å². The van der Waals surface area contributed by atoms with Crippen LogP contribution in [0, 0.1) is 11.3 Å². The van der Waals surface area contributed by atoms with Crippen LogP contribution in [0.25, 0.3) is 0 Å². The van der Waals surface area contributed by atoms with E-state index in [0.717, 1.165) is 0 Å². The highest BCUT2D eigenvalue weighted by atomic mass is 35.5. The molecule has 1 amide bonds. The fourth-order valence-electron chi connectivity index (χ4n) is 2.63. The van der Waals surface area contributed by atoms with Crippen LogP contribution in [0.4, 0.5) is 5.69 Å². The molecule has 8 heteroatoms. The van der Waals surface area contributed by atoms with Gasteiger partial charge in [-0.3, -0.25) is 4.79 Å². The Morgan fingerprint density at radius 2 is 1.82 bits per heavy atom. The summed E-state index contributed by atoms with van der Waals surface area (Å²) in [5.74, 6) is 0.0372. The molecule has 0 spiro atoms. The number of benzene rings is 2. The van der Waals surface area contributed by atoms with Crippen molar-refractivity contribution in [3.8, 4) is 17.6 Å². The van der Waals surface area contributed by atoms with E-state index in [4.69, 9.17) is 31.1 Å².